The molecule has 0 radical (unpaired) electrons. The number of amides is 1. The second kappa shape index (κ2) is 6.74. The molecule has 1 fully saturated rings. The topological polar surface area (TPSA) is 75.3 Å². The minimum absolute atomic E-state index is 0.0646. The van der Waals surface area contributed by atoms with E-state index in [1.165, 1.54) is 25.7 Å². The summed E-state index contributed by atoms with van der Waals surface area (Å²) in [6, 6.07) is 0.461. The summed E-state index contributed by atoms with van der Waals surface area (Å²) in [6.45, 7) is 1.92. The van der Waals surface area contributed by atoms with E-state index in [2.05, 4.69) is 5.32 Å². The molecule has 3 atom stereocenters. The Morgan fingerprint density at radius 2 is 2.31 bits per heavy atom. The van der Waals surface area contributed by atoms with E-state index in [1.54, 1.807) is 0 Å². The third-order valence-corrected chi connectivity index (χ3v) is 3.44. The van der Waals surface area contributed by atoms with Crippen molar-refractivity contribution in [1.82, 2.24) is 5.32 Å². The molecule has 0 saturated heterocycles. The molecule has 4 heteroatoms. The van der Waals surface area contributed by atoms with Gasteiger partial charge in [0.15, 0.2) is 0 Å². The predicted molar refractivity (Wildman–Crippen MR) is 64.4 cm³/mol. The van der Waals surface area contributed by atoms with Gasteiger partial charge in [0, 0.05) is 12.1 Å². The van der Waals surface area contributed by atoms with E-state index in [-0.39, 0.29) is 6.04 Å². The lowest BCUT2D eigenvalue weighted by atomic mass is 9.83. The summed E-state index contributed by atoms with van der Waals surface area (Å²) < 4.78 is 0. The first-order valence-electron chi connectivity index (χ1n) is 6.33. The fourth-order valence-corrected chi connectivity index (χ4v) is 2.59. The molecule has 0 aliphatic heterocycles. The summed E-state index contributed by atoms with van der Waals surface area (Å²) in [4.78, 5) is 10.4. The van der Waals surface area contributed by atoms with Gasteiger partial charge in [-0.1, -0.05) is 25.7 Å². The fraction of sp³-hybridized carbons (Fsp3) is 0.917. The smallest absolute Gasteiger partial charge is 0.404 e. The molecule has 0 aromatic rings. The molecule has 1 aliphatic rings. The average Bonchev–Trinajstić information content (AvgIpc) is 2.16. The van der Waals surface area contributed by atoms with Crippen LogP contribution in [0.15, 0.2) is 0 Å². The first kappa shape index (κ1) is 13.3. The lowest BCUT2D eigenvalue weighted by Crippen LogP contribution is -2.31. The highest BCUT2D eigenvalue weighted by atomic mass is 16.4. The molecule has 94 valence electrons. The van der Waals surface area contributed by atoms with Crippen LogP contribution in [-0.4, -0.2) is 23.3 Å². The van der Waals surface area contributed by atoms with Gasteiger partial charge in [-0.25, -0.2) is 4.79 Å². The molecule has 0 heterocycles. The van der Waals surface area contributed by atoms with E-state index in [4.69, 9.17) is 10.8 Å². The Labute approximate surface area is 97.6 Å². The molecule has 1 saturated carbocycles. The van der Waals surface area contributed by atoms with Crippen LogP contribution < -0.4 is 11.1 Å². The lowest BCUT2D eigenvalue weighted by Gasteiger charge is -2.26. The van der Waals surface area contributed by atoms with E-state index in [0.717, 1.165) is 25.2 Å². The van der Waals surface area contributed by atoms with Crippen molar-refractivity contribution in [2.75, 3.05) is 0 Å². The van der Waals surface area contributed by atoms with Crippen LogP contribution in [0.4, 0.5) is 4.79 Å². The minimum Gasteiger partial charge on any atom is -0.465 e. The molecule has 4 N–H and O–H groups in total. The molecule has 0 spiro atoms. The number of rotatable bonds is 5. The summed E-state index contributed by atoms with van der Waals surface area (Å²) >= 11 is 0. The molecule has 0 aromatic carbocycles. The first-order valence-corrected chi connectivity index (χ1v) is 6.33. The number of nitrogens with two attached hydrogens (primary N) is 1. The Morgan fingerprint density at radius 3 is 2.94 bits per heavy atom. The Bertz CT molecular complexity index is 221. The molecule has 1 rings (SSSR count). The van der Waals surface area contributed by atoms with Crippen molar-refractivity contribution in [1.29, 1.82) is 0 Å². The van der Waals surface area contributed by atoms with Crippen molar-refractivity contribution in [2.24, 2.45) is 11.7 Å². The Kier molecular flexibility index (Phi) is 5.60. The van der Waals surface area contributed by atoms with Crippen molar-refractivity contribution in [3.05, 3.63) is 0 Å². The quantitative estimate of drug-likeness (QED) is 0.676. The minimum atomic E-state index is -0.924. The van der Waals surface area contributed by atoms with Crippen molar-refractivity contribution in [3.63, 3.8) is 0 Å². The first-order chi connectivity index (χ1) is 7.58. The third-order valence-electron chi connectivity index (χ3n) is 3.44. The average molecular weight is 228 g/mol. The van der Waals surface area contributed by atoms with Crippen LogP contribution in [0.3, 0.4) is 0 Å². The molecule has 1 amide bonds. The summed E-state index contributed by atoms with van der Waals surface area (Å²) in [5, 5.41) is 11.0. The Balaban J connectivity index is 2.08. The normalized spacial score (nSPS) is 27.4. The van der Waals surface area contributed by atoms with E-state index < -0.39 is 6.09 Å². The van der Waals surface area contributed by atoms with Crippen molar-refractivity contribution >= 4 is 6.09 Å². The third kappa shape index (κ3) is 5.35. The highest BCUT2D eigenvalue weighted by molar-refractivity contribution is 5.64. The fourth-order valence-electron chi connectivity index (χ4n) is 2.59. The molecule has 0 bridgehead atoms. The lowest BCUT2D eigenvalue weighted by molar-refractivity contribution is 0.189. The summed E-state index contributed by atoms with van der Waals surface area (Å²) in [5.74, 6) is 0.765. The molecule has 2 unspecified atom stereocenters. The SMILES string of the molecule is C[C@@H](CCCC1CCCC(N)C1)NC(=O)O. The van der Waals surface area contributed by atoms with Crippen molar-refractivity contribution in [3.8, 4) is 0 Å². The van der Waals surface area contributed by atoms with E-state index >= 15 is 0 Å². The van der Waals surface area contributed by atoms with Crippen LogP contribution in [0.1, 0.15) is 51.9 Å². The largest absolute Gasteiger partial charge is 0.465 e. The van der Waals surface area contributed by atoms with E-state index in [1.807, 2.05) is 6.92 Å². The monoisotopic (exact) mass is 228 g/mol. The van der Waals surface area contributed by atoms with Crippen LogP contribution in [0.25, 0.3) is 0 Å². The van der Waals surface area contributed by atoms with Gasteiger partial charge >= 0.3 is 6.09 Å². The van der Waals surface area contributed by atoms with Gasteiger partial charge in [0.05, 0.1) is 0 Å². The van der Waals surface area contributed by atoms with Gasteiger partial charge in [0.2, 0.25) is 0 Å². The van der Waals surface area contributed by atoms with Gasteiger partial charge in [0.1, 0.15) is 0 Å². The van der Waals surface area contributed by atoms with Gasteiger partial charge in [-0.15, -0.1) is 0 Å². The number of nitrogens with one attached hydrogen (secondary N) is 1. The van der Waals surface area contributed by atoms with Gasteiger partial charge in [-0.05, 0) is 32.1 Å². The van der Waals surface area contributed by atoms with Crippen LogP contribution >= 0.6 is 0 Å². The second-order valence-corrected chi connectivity index (χ2v) is 5.07. The Morgan fingerprint density at radius 1 is 1.56 bits per heavy atom. The molecule has 0 aromatic heterocycles. The van der Waals surface area contributed by atoms with Crippen LogP contribution in [0.2, 0.25) is 0 Å². The highest BCUT2D eigenvalue weighted by Gasteiger charge is 2.18. The standard InChI is InChI=1S/C12H24N2O2/c1-9(14-12(15)16)4-2-5-10-6-3-7-11(13)8-10/h9-11,14H,2-8,13H2,1H3,(H,15,16)/t9-,10?,11?/m0/s1. The number of carbonyl (C=O) groups is 1. The van der Waals surface area contributed by atoms with Gasteiger partial charge in [0.25, 0.3) is 0 Å². The molecule has 16 heavy (non-hydrogen) atoms. The molecular formula is C12H24N2O2. The summed E-state index contributed by atoms with van der Waals surface area (Å²) in [6.07, 6.45) is 7.18. The molecular weight excluding hydrogens is 204 g/mol. The number of hydrogen-bond acceptors (Lipinski definition) is 2. The van der Waals surface area contributed by atoms with Gasteiger partial charge in [-0.2, -0.15) is 0 Å². The van der Waals surface area contributed by atoms with E-state index in [9.17, 15) is 4.79 Å². The Hall–Kier alpha value is -0.770. The van der Waals surface area contributed by atoms with E-state index in [0.29, 0.717) is 6.04 Å². The summed E-state index contributed by atoms with van der Waals surface area (Å²) in [5.41, 5.74) is 5.93. The van der Waals surface area contributed by atoms with Crippen molar-refractivity contribution < 1.29 is 9.90 Å². The molecule has 4 nitrogen and oxygen atoms in total. The maximum Gasteiger partial charge on any atom is 0.404 e. The maximum absolute atomic E-state index is 10.4. The number of hydrogen-bond donors (Lipinski definition) is 3. The van der Waals surface area contributed by atoms with Gasteiger partial charge in [-0.3, -0.25) is 0 Å². The highest BCUT2D eigenvalue weighted by Crippen LogP contribution is 2.27. The van der Waals surface area contributed by atoms with Crippen LogP contribution in [0.5, 0.6) is 0 Å². The van der Waals surface area contributed by atoms with Crippen LogP contribution in [-0.2, 0) is 0 Å². The molecule has 1 aliphatic carbocycles. The van der Waals surface area contributed by atoms with Gasteiger partial charge < -0.3 is 16.2 Å². The number of carboxylic acid groups (broad SMARTS) is 1. The van der Waals surface area contributed by atoms with Crippen LogP contribution in [0, 0.1) is 5.92 Å². The zero-order chi connectivity index (χ0) is 12.0. The zero-order valence-electron chi connectivity index (χ0n) is 10.1. The maximum atomic E-state index is 10.4. The zero-order valence-corrected chi connectivity index (χ0v) is 10.1. The predicted octanol–water partition coefficient (Wildman–Crippen LogP) is 2.33. The summed E-state index contributed by atoms with van der Waals surface area (Å²) in [7, 11) is 0. The second-order valence-electron chi connectivity index (χ2n) is 5.07. The van der Waals surface area contributed by atoms with Crippen molar-refractivity contribution in [2.45, 2.75) is 64.0 Å².